The molecule has 0 N–H and O–H groups in total. The van der Waals surface area contributed by atoms with Gasteiger partial charge in [-0.15, -0.1) is 22.7 Å². The second-order valence-electron chi connectivity index (χ2n) is 13.2. The first-order valence-electron chi connectivity index (χ1n) is 17.4. The Hall–Kier alpha value is -1.48. The lowest BCUT2D eigenvalue weighted by molar-refractivity contribution is 0.616. The molecule has 0 radical (unpaired) electrons. The summed E-state index contributed by atoms with van der Waals surface area (Å²) in [7, 11) is -2.24. The molecule has 0 spiro atoms. The number of unbranched alkanes of at least 4 members (excludes halogenated alkanes) is 10. The van der Waals surface area contributed by atoms with Gasteiger partial charge in [0.05, 0.1) is 32.4 Å². The van der Waals surface area contributed by atoms with Gasteiger partial charge < -0.3 is 0 Å². The zero-order valence-corrected chi connectivity index (χ0v) is 35.1. The number of hydrogen-bond acceptors (Lipinski definition) is 8. The molecule has 5 heterocycles. The van der Waals surface area contributed by atoms with Crippen LogP contribution in [0.4, 0.5) is 8.78 Å². The predicted molar refractivity (Wildman–Crippen MR) is 217 cm³/mol. The first kappa shape index (κ1) is 35.9. The highest BCUT2D eigenvalue weighted by atomic mass is 79.9. The van der Waals surface area contributed by atoms with Gasteiger partial charge in [0.1, 0.15) is 41.8 Å². The second kappa shape index (κ2) is 15.6. The van der Waals surface area contributed by atoms with E-state index >= 15 is 8.78 Å². The van der Waals surface area contributed by atoms with Gasteiger partial charge in [-0.1, -0.05) is 90.9 Å². The van der Waals surface area contributed by atoms with E-state index in [1.165, 1.54) is 109 Å². The van der Waals surface area contributed by atoms with E-state index in [9.17, 15) is 0 Å². The number of rotatable bonds is 16. The molecule has 4 nitrogen and oxygen atoms in total. The number of nitrogens with zero attached hydrogens (tertiary/aromatic N) is 4. The van der Waals surface area contributed by atoms with Crippen molar-refractivity contribution in [1.82, 2.24) is 17.5 Å². The molecule has 0 aliphatic carbocycles. The maximum absolute atomic E-state index is 15.3. The van der Waals surface area contributed by atoms with Gasteiger partial charge in [-0.2, -0.15) is 17.5 Å². The van der Waals surface area contributed by atoms with Crippen molar-refractivity contribution in [3.05, 3.63) is 44.8 Å². The maximum Gasteiger partial charge on any atom is 0.140 e. The van der Waals surface area contributed by atoms with Crippen molar-refractivity contribution in [1.29, 1.82) is 0 Å². The highest BCUT2D eigenvalue weighted by Crippen LogP contribution is 2.49. The first-order chi connectivity index (χ1) is 23.9. The molecule has 0 bridgehead atoms. The van der Waals surface area contributed by atoms with E-state index in [2.05, 4.69) is 75.3 Å². The summed E-state index contributed by atoms with van der Waals surface area (Å²) in [5.74, 6) is -0.632. The summed E-state index contributed by atoms with van der Waals surface area (Å²) < 4.78 is 49.4. The van der Waals surface area contributed by atoms with Crippen molar-refractivity contribution < 1.29 is 8.78 Å². The molecule has 0 unspecified atom stereocenters. The molecule has 49 heavy (non-hydrogen) atoms. The average molecular weight is 881 g/mol. The molecule has 1 aliphatic heterocycles. The zero-order valence-electron chi connectivity index (χ0n) is 27.6. The Bertz CT molecular complexity index is 1960. The first-order valence-corrected chi connectivity index (χ1v) is 24.5. The predicted octanol–water partition coefficient (Wildman–Crippen LogP) is 13.2. The molecule has 6 aromatic rings. The minimum atomic E-state index is -2.24. The molecule has 0 fully saturated rings. The van der Waals surface area contributed by atoms with Crippen molar-refractivity contribution in [2.45, 2.75) is 103 Å². The molecule has 7 rings (SSSR count). The third-order valence-electron chi connectivity index (χ3n) is 10.0. The highest BCUT2D eigenvalue weighted by Gasteiger charge is 2.47. The van der Waals surface area contributed by atoms with Gasteiger partial charge >= 0.3 is 0 Å². The fourth-order valence-corrected chi connectivity index (χ4v) is 19.1. The Labute approximate surface area is 320 Å². The van der Waals surface area contributed by atoms with E-state index < -0.39 is 8.07 Å². The minimum Gasteiger partial charge on any atom is -0.206 e. The molecule has 2 aromatic carbocycles. The van der Waals surface area contributed by atoms with Crippen LogP contribution in [0.25, 0.3) is 52.7 Å². The molecular weight excluding hydrogens is 843 g/mol. The summed E-state index contributed by atoms with van der Waals surface area (Å²) >= 11 is 12.6. The molecule has 0 amide bonds. The van der Waals surface area contributed by atoms with Crippen LogP contribution in [0.1, 0.15) is 90.9 Å². The van der Waals surface area contributed by atoms with E-state index in [4.69, 9.17) is 0 Å². The van der Waals surface area contributed by atoms with E-state index in [1.54, 1.807) is 34.8 Å². The monoisotopic (exact) mass is 878 g/mol. The van der Waals surface area contributed by atoms with Gasteiger partial charge in [-0.25, -0.2) is 8.78 Å². The van der Waals surface area contributed by atoms with Crippen LogP contribution in [0.3, 0.4) is 0 Å². The van der Waals surface area contributed by atoms with Crippen LogP contribution in [0.2, 0.25) is 12.1 Å². The van der Waals surface area contributed by atoms with Gasteiger partial charge in [0.25, 0.3) is 0 Å². The summed E-state index contributed by atoms with van der Waals surface area (Å²) in [4.78, 5) is 4.74. The number of thiophene rings is 2. The zero-order chi connectivity index (χ0) is 34.1. The summed E-state index contributed by atoms with van der Waals surface area (Å²) in [6.07, 6.45) is 15.1. The van der Waals surface area contributed by atoms with Crippen LogP contribution in [0.5, 0.6) is 0 Å². The second-order valence-corrected chi connectivity index (χ2v) is 22.2. The lowest BCUT2D eigenvalue weighted by Crippen LogP contribution is -2.54. The van der Waals surface area contributed by atoms with Crippen LogP contribution < -0.4 is 10.4 Å². The van der Waals surface area contributed by atoms with Crippen LogP contribution in [0, 0.1) is 11.6 Å². The van der Waals surface area contributed by atoms with E-state index in [0.717, 1.165) is 55.4 Å². The number of halogens is 4. The Morgan fingerprint density at radius 2 is 0.939 bits per heavy atom. The van der Waals surface area contributed by atoms with E-state index in [-0.39, 0.29) is 11.6 Å². The average Bonchev–Trinajstić information content (AvgIpc) is 3.93. The van der Waals surface area contributed by atoms with Gasteiger partial charge in [0.2, 0.25) is 0 Å². The van der Waals surface area contributed by atoms with Crippen LogP contribution in [-0.4, -0.2) is 25.6 Å². The van der Waals surface area contributed by atoms with Gasteiger partial charge in [-0.05, 0) is 78.6 Å². The van der Waals surface area contributed by atoms with Crippen LogP contribution >= 0.6 is 78.0 Å². The third kappa shape index (κ3) is 6.79. The SMILES string of the molecule is CCCCCCCC[Si]1(CCCCCCCC)c2cc(-c3cc(F)c(Br)c4nsnc34)sc2-c2sc(-c3cc(F)c(Br)c4nsnc34)cc21. The van der Waals surface area contributed by atoms with Crippen molar-refractivity contribution in [2.24, 2.45) is 0 Å². The number of fused-ring (bicyclic) bond motifs is 5. The van der Waals surface area contributed by atoms with Crippen molar-refractivity contribution >= 4 is 119 Å². The lowest BCUT2D eigenvalue weighted by atomic mass is 10.1. The Morgan fingerprint density at radius 3 is 1.37 bits per heavy atom. The highest BCUT2D eigenvalue weighted by molar-refractivity contribution is 9.11. The minimum absolute atomic E-state index is 0.316. The molecule has 0 atom stereocenters. The molecule has 13 heteroatoms. The number of aromatic nitrogens is 4. The van der Waals surface area contributed by atoms with Crippen molar-refractivity contribution in [3.8, 4) is 30.6 Å². The molecule has 1 aliphatic rings. The molecular formula is C36H38Br2F2N4S4Si. The Balaban J connectivity index is 1.36. The quantitative estimate of drug-likeness (QED) is 0.0718. The summed E-state index contributed by atoms with van der Waals surface area (Å²) in [6, 6.07) is 10.4. The molecule has 4 aromatic heterocycles. The summed E-state index contributed by atoms with van der Waals surface area (Å²) in [5.41, 5.74) is 4.27. The fraction of sp³-hybridized carbons (Fsp3) is 0.444. The third-order valence-corrected chi connectivity index (χ3v) is 20.7. The number of benzene rings is 2. The normalized spacial score (nSPS) is 13.6. The largest absolute Gasteiger partial charge is 0.206 e. The summed E-state index contributed by atoms with van der Waals surface area (Å²) in [5, 5.41) is 3.01. The topological polar surface area (TPSA) is 51.6 Å². The fourth-order valence-electron chi connectivity index (χ4n) is 7.46. The molecule has 0 saturated heterocycles. The van der Waals surface area contributed by atoms with E-state index in [1.807, 2.05) is 0 Å². The summed E-state index contributed by atoms with van der Waals surface area (Å²) in [6.45, 7) is 4.54. The van der Waals surface area contributed by atoms with Crippen molar-refractivity contribution in [3.63, 3.8) is 0 Å². The lowest BCUT2D eigenvalue weighted by Gasteiger charge is -2.29. The van der Waals surface area contributed by atoms with E-state index in [0.29, 0.717) is 20.0 Å². The van der Waals surface area contributed by atoms with Gasteiger partial charge in [0.15, 0.2) is 0 Å². The van der Waals surface area contributed by atoms with Crippen molar-refractivity contribution in [2.75, 3.05) is 0 Å². The Kier molecular flexibility index (Phi) is 11.5. The standard InChI is InChI=1S/C36H38Br2F2N4S4Si/c1-3-5-7-9-11-13-15-49(16-14-12-10-8-6-4-2)27-19-25(21-17-23(39)29(37)33-31(21)41-47-43-33)45-35(27)36-28(49)20-26(46-36)22-18-24(40)30(38)34-32(22)42-48-44-34/h17-20H,3-16H2,1-2H3. The van der Waals surface area contributed by atoms with Gasteiger partial charge in [0, 0.05) is 30.6 Å². The molecule has 258 valence electrons. The molecule has 0 saturated carbocycles. The maximum atomic E-state index is 15.3. The number of hydrogen-bond donors (Lipinski definition) is 0. The smallest absolute Gasteiger partial charge is 0.140 e. The Morgan fingerprint density at radius 1 is 0.551 bits per heavy atom. The van der Waals surface area contributed by atoms with Crippen LogP contribution in [-0.2, 0) is 0 Å². The van der Waals surface area contributed by atoms with Gasteiger partial charge in [-0.3, -0.25) is 0 Å². The van der Waals surface area contributed by atoms with Crippen LogP contribution in [0.15, 0.2) is 33.2 Å².